The second kappa shape index (κ2) is 11.0. The van der Waals surface area contributed by atoms with Crippen LogP contribution in [-0.2, 0) is 9.53 Å². The molecule has 0 aliphatic carbocycles. The Morgan fingerprint density at radius 3 is 1.98 bits per heavy atom. The molecule has 2 aliphatic heterocycles. The molecule has 0 saturated heterocycles. The van der Waals surface area contributed by atoms with Crippen LogP contribution in [0.1, 0.15) is 94.9 Å². The third kappa shape index (κ3) is 6.34. The number of allylic oxidation sites excluding steroid dienone is 3. The molecule has 224 valence electrons. The number of nitriles is 2. The zero-order chi connectivity index (χ0) is 32.1. The quantitative estimate of drug-likeness (QED) is 0.270. The van der Waals surface area contributed by atoms with Crippen LogP contribution in [0.4, 0.5) is 0 Å². The van der Waals surface area contributed by atoms with Crippen molar-refractivity contribution in [1.29, 1.82) is 10.5 Å². The number of nitrogens with one attached hydrogen (secondary N) is 2. The molecule has 0 radical (unpaired) electrons. The maximum Gasteiger partial charge on any atom is 0.351 e. The minimum Gasteiger partial charge on any atom is -0.456 e. The summed E-state index contributed by atoms with van der Waals surface area (Å²) in [6.45, 7) is 22.0. The predicted molar refractivity (Wildman–Crippen MR) is 171 cm³/mol. The number of hydrogen-bond donors (Lipinski definition) is 2. The smallest absolute Gasteiger partial charge is 0.351 e. The summed E-state index contributed by atoms with van der Waals surface area (Å²) in [5.41, 5.74) is 7.65. The first kappa shape index (κ1) is 31.5. The predicted octanol–water partition coefficient (Wildman–Crippen LogP) is 5.80. The van der Waals surface area contributed by atoms with Crippen LogP contribution in [0, 0.1) is 61.2 Å². The van der Waals surface area contributed by atoms with E-state index in [0.29, 0.717) is 17.8 Å². The summed E-state index contributed by atoms with van der Waals surface area (Å²) in [6.07, 6.45) is 7.40. The molecule has 2 aliphatic rings. The van der Waals surface area contributed by atoms with Crippen LogP contribution in [0.3, 0.4) is 0 Å². The van der Waals surface area contributed by atoms with Crippen molar-refractivity contribution in [3.8, 4) is 12.1 Å². The molecule has 0 aromatic carbocycles. The maximum absolute atomic E-state index is 12.7. The van der Waals surface area contributed by atoms with Crippen LogP contribution in [0.15, 0.2) is 33.0 Å². The Hall–Kier alpha value is -4.43. The minimum absolute atomic E-state index is 0.0422. The van der Waals surface area contributed by atoms with E-state index < -0.39 is 11.6 Å². The normalized spacial score (nSPS) is 20.6. The van der Waals surface area contributed by atoms with Crippen molar-refractivity contribution >= 4 is 29.5 Å². The van der Waals surface area contributed by atoms with Crippen molar-refractivity contribution in [2.45, 2.75) is 94.6 Å². The van der Waals surface area contributed by atoms with Gasteiger partial charge in [0.05, 0.1) is 5.70 Å². The Morgan fingerprint density at radius 1 is 0.837 bits per heavy atom. The molecule has 0 amide bonds. The van der Waals surface area contributed by atoms with E-state index in [-0.39, 0.29) is 16.4 Å². The summed E-state index contributed by atoms with van der Waals surface area (Å²) in [4.78, 5) is 29.3. The molecule has 2 N–H and O–H groups in total. The summed E-state index contributed by atoms with van der Waals surface area (Å²) in [5, 5.41) is 21.2. The van der Waals surface area contributed by atoms with Crippen LogP contribution in [0.2, 0.25) is 0 Å². The summed E-state index contributed by atoms with van der Waals surface area (Å²) in [5.74, 6) is -0.643. The first-order valence-corrected chi connectivity index (χ1v) is 14.6. The second-order valence-electron chi connectivity index (χ2n) is 14.0. The number of ether oxygens (including phenoxy) is 1. The van der Waals surface area contributed by atoms with Crippen molar-refractivity contribution in [3.05, 3.63) is 67.4 Å². The number of carbonyl (C=O) groups excluding carboxylic acids is 1. The molecular weight excluding hydrogens is 536 g/mol. The zero-order valence-corrected chi connectivity index (χ0v) is 27.3. The zero-order valence-electron chi connectivity index (χ0n) is 27.3. The standard InChI is InChI=1S/C35H42N6O2/c1-19-20(2)27(39-25(19)13-26-21(3)22(4)29(18-37)40-26)14-31-34(8,9)15-23(38-31)12-30-35(10,11)16-28(41-30)24(17-36)32(42)43-33(5,6)7/h12-14,39-40H,15-16H2,1-11H3/b23-12-,25-13-,27-14+,28-24+. The van der Waals surface area contributed by atoms with E-state index in [9.17, 15) is 15.3 Å². The third-order valence-electron chi connectivity index (χ3n) is 8.37. The van der Waals surface area contributed by atoms with Crippen molar-refractivity contribution in [2.24, 2.45) is 20.8 Å². The van der Waals surface area contributed by atoms with E-state index in [1.807, 2.05) is 26.0 Å². The summed E-state index contributed by atoms with van der Waals surface area (Å²) in [7, 11) is 0. The Morgan fingerprint density at radius 2 is 1.42 bits per heavy atom. The first-order chi connectivity index (χ1) is 19.9. The van der Waals surface area contributed by atoms with Crippen LogP contribution in [0.25, 0.3) is 12.2 Å². The highest BCUT2D eigenvalue weighted by Crippen LogP contribution is 2.40. The number of nitrogens with zero attached hydrogens (tertiary/aromatic N) is 4. The van der Waals surface area contributed by atoms with Crippen LogP contribution in [0.5, 0.6) is 0 Å². The van der Waals surface area contributed by atoms with E-state index in [4.69, 9.17) is 14.7 Å². The number of aromatic nitrogens is 2. The molecule has 0 unspecified atom stereocenters. The number of aromatic amines is 2. The number of esters is 1. The summed E-state index contributed by atoms with van der Waals surface area (Å²) >= 11 is 0. The summed E-state index contributed by atoms with van der Waals surface area (Å²) < 4.78 is 5.46. The van der Waals surface area contributed by atoms with Gasteiger partial charge in [-0.05, 0) is 88.9 Å². The molecule has 0 bridgehead atoms. The van der Waals surface area contributed by atoms with Gasteiger partial charge in [-0.2, -0.15) is 10.5 Å². The molecule has 4 heterocycles. The van der Waals surface area contributed by atoms with Crippen LogP contribution >= 0.6 is 0 Å². The number of rotatable bonds is 4. The van der Waals surface area contributed by atoms with E-state index in [2.05, 4.69) is 69.7 Å². The first-order valence-electron chi connectivity index (χ1n) is 14.6. The molecular formula is C35H42N6O2. The molecule has 8 heteroatoms. The molecule has 4 rings (SSSR count). The summed E-state index contributed by atoms with van der Waals surface area (Å²) in [6, 6.07) is 4.26. The van der Waals surface area contributed by atoms with Crippen molar-refractivity contribution in [1.82, 2.24) is 9.97 Å². The molecule has 0 saturated carbocycles. The van der Waals surface area contributed by atoms with Gasteiger partial charge in [-0.25, -0.2) is 4.79 Å². The van der Waals surface area contributed by atoms with Gasteiger partial charge in [0.2, 0.25) is 0 Å². The topological polar surface area (TPSA) is 130 Å². The molecule has 43 heavy (non-hydrogen) atoms. The monoisotopic (exact) mass is 578 g/mol. The molecule has 0 spiro atoms. The lowest BCUT2D eigenvalue weighted by molar-refractivity contribution is -0.149. The highest BCUT2D eigenvalue weighted by atomic mass is 16.6. The Labute approximate surface area is 254 Å². The molecule has 0 atom stereocenters. The SMILES string of the molecule is Cc1c(C#N)[nH]c(/C=c2\[nH]/c(=C/C3=NC(=C\C4=NC(=C(\C#N)C(=O)OC(C)(C)C)/CC4(C)C)/CC3(C)C)c(C)c2C)c1C. The Bertz CT molecular complexity index is 1850. The fourth-order valence-electron chi connectivity index (χ4n) is 5.41. The van der Waals surface area contributed by atoms with Gasteiger partial charge in [0.1, 0.15) is 23.4 Å². The largest absolute Gasteiger partial charge is 0.456 e. The number of H-pyrrole nitrogens is 2. The van der Waals surface area contributed by atoms with Crippen molar-refractivity contribution in [3.63, 3.8) is 0 Å². The van der Waals surface area contributed by atoms with Gasteiger partial charge in [0.25, 0.3) is 0 Å². The van der Waals surface area contributed by atoms with E-state index in [1.165, 1.54) is 0 Å². The highest BCUT2D eigenvalue weighted by Gasteiger charge is 2.37. The Balaban J connectivity index is 1.74. The average molecular weight is 579 g/mol. The maximum atomic E-state index is 12.7. The molecule has 2 aromatic rings. The van der Waals surface area contributed by atoms with E-state index in [0.717, 1.165) is 62.2 Å². The lowest BCUT2D eigenvalue weighted by atomic mass is 9.82. The molecule has 8 nitrogen and oxygen atoms in total. The van der Waals surface area contributed by atoms with Crippen molar-refractivity contribution < 1.29 is 9.53 Å². The van der Waals surface area contributed by atoms with Crippen molar-refractivity contribution in [2.75, 3.05) is 0 Å². The fourth-order valence-corrected chi connectivity index (χ4v) is 5.41. The van der Waals surface area contributed by atoms with Gasteiger partial charge in [0, 0.05) is 57.2 Å². The molecule has 2 aromatic heterocycles. The fraction of sp³-hybridized carbons (Fsp3) is 0.457. The molecule has 0 fully saturated rings. The number of hydrogen-bond acceptors (Lipinski definition) is 6. The Kier molecular flexibility index (Phi) is 8.06. The van der Waals surface area contributed by atoms with E-state index >= 15 is 0 Å². The average Bonchev–Trinajstić information content (AvgIpc) is 3.53. The second-order valence-corrected chi connectivity index (χ2v) is 14.0. The van der Waals surface area contributed by atoms with Gasteiger partial charge >= 0.3 is 5.97 Å². The lowest BCUT2D eigenvalue weighted by Crippen LogP contribution is -2.25. The van der Waals surface area contributed by atoms with E-state index in [1.54, 1.807) is 20.8 Å². The van der Waals surface area contributed by atoms with Gasteiger partial charge in [0.15, 0.2) is 5.57 Å². The number of aliphatic imine (C=N–C) groups is 2. The van der Waals surface area contributed by atoms with Crippen LogP contribution < -0.4 is 10.7 Å². The van der Waals surface area contributed by atoms with Gasteiger partial charge < -0.3 is 14.7 Å². The van der Waals surface area contributed by atoms with Crippen LogP contribution in [-0.4, -0.2) is 33.0 Å². The third-order valence-corrected chi connectivity index (χ3v) is 8.37. The van der Waals surface area contributed by atoms with Gasteiger partial charge in [-0.1, -0.05) is 27.7 Å². The lowest BCUT2D eigenvalue weighted by Gasteiger charge is -2.20. The van der Waals surface area contributed by atoms with Gasteiger partial charge in [-0.15, -0.1) is 0 Å². The number of carbonyl (C=O) groups is 1. The highest BCUT2D eigenvalue weighted by molar-refractivity contribution is 6.15. The van der Waals surface area contributed by atoms with Gasteiger partial charge in [-0.3, -0.25) is 9.98 Å². The minimum atomic E-state index is -0.699.